The smallest absolute Gasteiger partial charge is 0.361 e. The summed E-state index contributed by atoms with van der Waals surface area (Å²) in [6.07, 6.45) is -2.87. The fourth-order valence-electron chi connectivity index (χ4n) is 1.56. The number of aromatic nitrogens is 4. The fourth-order valence-corrected chi connectivity index (χ4v) is 1.56. The molecule has 0 aliphatic heterocycles. The van der Waals surface area contributed by atoms with E-state index in [0.717, 1.165) is 11.8 Å². The number of nitrogens with zero attached hydrogens (tertiary/aromatic N) is 3. The monoisotopic (exact) mass is 271 g/mol. The van der Waals surface area contributed by atoms with E-state index in [1.54, 1.807) is 6.20 Å². The largest absolute Gasteiger partial charge is 0.420 e. The summed E-state index contributed by atoms with van der Waals surface area (Å²) in [6.45, 7) is 3.39. The molecule has 0 unspecified atom stereocenters. The van der Waals surface area contributed by atoms with Crippen molar-refractivity contribution in [3.8, 4) is 0 Å². The van der Waals surface area contributed by atoms with Crippen LogP contribution < -0.4 is 5.32 Å². The topological polar surface area (TPSA) is 66.5 Å². The normalized spacial score (nSPS) is 11.6. The summed E-state index contributed by atoms with van der Waals surface area (Å²) in [5, 5.41) is 9.76. The highest BCUT2D eigenvalue weighted by atomic mass is 19.4. The van der Waals surface area contributed by atoms with Crippen molar-refractivity contribution in [3.63, 3.8) is 0 Å². The number of alkyl halides is 3. The van der Waals surface area contributed by atoms with Crippen LogP contribution in [0.5, 0.6) is 0 Å². The van der Waals surface area contributed by atoms with Gasteiger partial charge in [0.05, 0.1) is 12.2 Å². The van der Waals surface area contributed by atoms with Crippen LogP contribution in [0.4, 0.5) is 19.0 Å². The Morgan fingerprint density at radius 2 is 2.00 bits per heavy atom. The van der Waals surface area contributed by atoms with E-state index in [1.807, 2.05) is 6.92 Å². The van der Waals surface area contributed by atoms with Crippen LogP contribution in [0.15, 0.2) is 12.3 Å². The Bertz CT molecular complexity index is 576. The summed E-state index contributed by atoms with van der Waals surface area (Å²) < 4.78 is 38.5. The Morgan fingerprint density at radius 1 is 1.26 bits per heavy atom. The number of imidazole rings is 1. The van der Waals surface area contributed by atoms with E-state index < -0.39 is 11.7 Å². The molecule has 0 amide bonds. The number of rotatable bonds is 3. The van der Waals surface area contributed by atoms with Crippen LogP contribution in [0.1, 0.15) is 22.8 Å². The molecule has 0 fully saturated rings. The van der Waals surface area contributed by atoms with E-state index in [0.29, 0.717) is 5.82 Å². The zero-order chi connectivity index (χ0) is 14.0. The Labute approximate surface area is 107 Å². The van der Waals surface area contributed by atoms with E-state index in [4.69, 9.17) is 0 Å². The lowest BCUT2D eigenvalue weighted by atomic mass is 10.2. The molecule has 0 saturated heterocycles. The number of aromatic amines is 1. The highest BCUT2D eigenvalue weighted by Gasteiger charge is 2.35. The highest BCUT2D eigenvalue weighted by molar-refractivity contribution is 5.45. The zero-order valence-electron chi connectivity index (χ0n) is 10.3. The molecule has 0 atom stereocenters. The minimum absolute atomic E-state index is 0.120. The first-order valence-corrected chi connectivity index (χ1v) is 5.52. The molecule has 5 nitrogen and oxygen atoms in total. The van der Waals surface area contributed by atoms with Crippen molar-refractivity contribution in [2.24, 2.45) is 0 Å². The molecule has 102 valence electrons. The molecule has 0 radical (unpaired) electrons. The number of nitrogens with one attached hydrogen (secondary N) is 2. The van der Waals surface area contributed by atoms with Gasteiger partial charge in [-0.15, -0.1) is 5.10 Å². The summed E-state index contributed by atoms with van der Waals surface area (Å²) in [4.78, 5) is 6.91. The molecule has 2 rings (SSSR count). The van der Waals surface area contributed by atoms with Crippen molar-refractivity contribution in [2.45, 2.75) is 26.6 Å². The molecule has 2 heterocycles. The molecule has 0 aliphatic rings. The maximum Gasteiger partial charge on any atom is 0.420 e. The predicted molar refractivity (Wildman–Crippen MR) is 62.4 cm³/mol. The van der Waals surface area contributed by atoms with Gasteiger partial charge in [0.2, 0.25) is 0 Å². The molecule has 8 heteroatoms. The number of anilines is 1. The molecule has 2 aromatic heterocycles. The van der Waals surface area contributed by atoms with Crippen LogP contribution in [0.2, 0.25) is 0 Å². The number of hydrogen-bond acceptors (Lipinski definition) is 4. The Morgan fingerprint density at radius 3 is 2.58 bits per heavy atom. The maximum absolute atomic E-state index is 12.8. The van der Waals surface area contributed by atoms with Gasteiger partial charge in [0.25, 0.3) is 0 Å². The SMILES string of the molecule is Cc1cc(C(F)(F)F)c(NCc2ncc(C)[nH]2)nn1. The van der Waals surface area contributed by atoms with E-state index in [9.17, 15) is 13.2 Å². The van der Waals surface area contributed by atoms with Gasteiger partial charge in [-0.05, 0) is 19.9 Å². The Balaban J connectivity index is 2.20. The number of aryl methyl sites for hydroxylation is 2. The predicted octanol–water partition coefficient (Wildman–Crippen LogP) is 2.45. The average Bonchev–Trinajstić information content (AvgIpc) is 2.72. The van der Waals surface area contributed by atoms with Gasteiger partial charge in [-0.1, -0.05) is 0 Å². The molecule has 0 spiro atoms. The fraction of sp³-hybridized carbons (Fsp3) is 0.364. The third kappa shape index (κ3) is 3.21. The summed E-state index contributed by atoms with van der Waals surface area (Å²) in [7, 11) is 0. The molecule has 19 heavy (non-hydrogen) atoms. The van der Waals surface area contributed by atoms with Crippen LogP contribution >= 0.6 is 0 Å². The number of halogens is 3. The molecule has 2 N–H and O–H groups in total. The first-order valence-electron chi connectivity index (χ1n) is 5.52. The third-order valence-corrected chi connectivity index (χ3v) is 2.40. The molecule has 0 saturated carbocycles. The zero-order valence-corrected chi connectivity index (χ0v) is 10.3. The summed E-state index contributed by atoms with van der Waals surface area (Å²) in [5.41, 5.74) is 0.220. The van der Waals surface area contributed by atoms with Crippen molar-refractivity contribution in [3.05, 3.63) is 35.0 Å². The van der Waals surface area contributed by atoms with Crippen molar-refractivity contribution >= 4 is 5.82 Å². The Kier molecular flexibility index (Phi) is 3.41. The van der Waals surface area contributed by atoms with Gasteiger partial charge in [0.15, 0.2) is 5.82 Å². The van der Waals surface area contributed by atoms with Gasteiger partial charge in [-0.25, -0.2) is 4.98 Å². The molecule has 0 aromatic carbocycles. The molecule has 2 aromatic rings. The van der Waals surface area contributed by atoms with E-state index in [2.05, 4.69) is 25.5 Å². The van der Waals surface area contributed by atoms with E-state index >= 15 is 0 Å². The minimum Gasteiger partial charge on any atom is -0.361 e. The minimum atomic E-state index is -4.47. The second-order valence-corrected chi connectivity index (χ2v) is 4.11. The average molecular weight is 271 g/mol. The third-order valence-electron chi connectivity index (χ3n) is 2.40. The number of H-pyrrole nitrogens is 1. The molecular weight excluding hydrogens is 259 g/mol. The van der Waals surface area contributed by atoms with Crippen LogP contribution in [0.25, 0.3) is 0 Å². The van der Waals surface area contributed by atoms with Crippen molar-refractivity contribution in [2.75, 3.05) is 5.32 Å². The van der Waals surface area contributed by atoms with Gasteiger partial charge in [-0.3, -0.25) is 0 Å². The van der Waals surface area contributed by atoms with Gasteiger partial charge in [0, 0.05) is 11.9 Å². The lowest BCUT2D eigenvalue weighted by molar-refractivity contribution is -0.137. The molecular formula is C11H12F3N5. The van der Waals surface area contributed by atoms with Crippen molar-refractivity contribution < 1.29 is 13.2 Å². The van der Waals surface area contributed by atoms with Gasteiger partial charge in [-0.2, -0.15) is 18.3 Å². The summed E-state index contributed by atoms with van der Waals surface area (Å²) >= 11 is 0. The van der Waals surface area contributed by atoms with Crippen molar-refractivity contribution in [1.82, 2.24) is 20.2 Å². The quantitative estimate of drug-likeness (QED) is 0.899. The van der Waals surface area contributed by atoms with Crippen LogP contribution in [-0.2, 0) is 12.7 Å². The van der Waals surface area contributed by atoms with E-state index in [1.165, 1.54) is 6.92 Å². The lowest BCUT2D eigenvalue weighted by Crippen LogP contribution is -2.14. The van der Waals surface area contributed by atoms with Gasteiger partial charge in [0.1, 0.15) is 11.4 Å². The first kappa shape index (κ1) is 13.3. The summed E-state index contributed by atoms with van der Waals surface area (Å²) in [5.74, 6) is 0.236. The number of hydrogen-bond donors (Lipinski definition) is 2. The van der Waals surface area contributed by atoms with Crippen LogP contribution in [-0.4, -0.2) is 20.2 Å². The first-order chi connectivity index (χ1) is 8.86. The van der Waals surface area contributed by atoms with Gasteiger partial charge >= 0.3 is 6.18 Å². The Hall–Kier alpha value is -2.12. The highest BCUT2D eigenvalue weighted by Crippen LogP contribution is 2.33. The second kappa shape index (κ2) is 4.87. The lowest BCUT2D eigenvalue weighted by Gasteiger charge is -2.12. The van der Waals surface area contributed by atoms with E-state index in [-0.39, 0.29) is 18.1 Å². The van der Waals surface area contributed by atoms with Crippen LogP contribution in [0, 0.1) is 13.8 Å². The second-order valence-electron chi connectivity index (χ2n) is 4.11. The maximum atomic E-state index is 12.8. The molecule has 0 aliphatic carbocycles. The standard InChI is InChI=1S/C11H12F3N5/c1-6-3-8(11(12,13)14)10(19-18-6)16-5-9-15-4-7(2)17-9/h3-4H,5H2,1-2H3,(H,15,17)(H,16,19). The van der Waals surface area contributed by atoms with Crippen LogP contribution in [0.3, 0.4) is 0 Å². The van der Waals surface area contributed by atoms with Crippen molar-refractivity contribution in [1.29, 1.82) is 0 Å². The molecule has 0 bridgehead atoms. The van der Waals surface area contributed by atoms with Gasteiger partial charge < -0.3 is 10.3 Å². The summed E-state index contributed by atoms with van der Waals surface area (Å²) in [6, 6.07) is 0.961.